The Kier molecular flexibility index (Phi) is 3.74. The molecule has 21 heavy (non-hydrogen) atoms. The Hall–Kier alpha value is -1.78. The number of hydrogen-bond acceptors (Lipinski definition) is 3. The minimum atomic E-state index is 0.332. The highest BCUT2D eigenvalue weighted by molar-refractivity contribution is 6.38. The van der Waals surface area contributed by atoms with Crippen LogP contribution in [0.2, 0.25) is 10.3 Å². The van der Waals surface area contributed by atoms with Crippen molar-refractivity contribution in [2.45, 2.75) is 13.3 Å². The van der Waals surface area contributed by atoms with Crippen molar-refractivity contribution in [3.63, 3.8) is 0 Å². The Bertz CT molecular complexity index is 797. The fourth-order valence-electron chi connectivity index (χ4n) is 2.40. The third-order valence-corrected chi connectivity index (χ3v) is 4.02. The van der Waals surface area contributed by atoms with Crippen LogP contribution < -0.4 is 4.74 Å². The normalized spacial score (nSPS) is 11.0. The van der Waals surface area contributed by atoms with Gasteiger partial charge in [0.1, 0.15) is 5.75 Å². The minimum Gasteiger partial charge on any atom is -0.497 e. The molecule has 0 fully saturated rings. The van der Waals surface area contributed by atoms with Crippen LogP contribution in [0, 0.1) is 6.92 Å². The number of methoxy groups -OCH3 is 1. The van der Waals surface area contributed by atoms with Crippen LogP contribution in [0.25, 0.3) is 10.9 Å². The number of aryl methyl sites for hydroxylation is 1. The number of nitrogens with zero attached hydrogens (tertiary/aromatic N) is 2. The van der Waals surface area contributed by atoms with Gasteiger partial charge in [-0.05, 0) is 36.6 Å². The van der Waals surface area contributed by atoms with Crippen molar-refractivity contribution in [1.29, 1.82) is 0 Å². The molecule has 0 aliphatic heterocycles. The molecule has 108 valence electrons. The number of aromatic amines is 1. The fourth-order valence-corrected chi connectivity index (χ4v) is 2.83. The third kappa shape index (κ3) is 2.57. The first kappa shape index (κ1) is 14.2. The molecule has 0 amide bonds. The molecule has 0 radical (unpaired) electrons. The van der Waals surface area contributed by atoms with Gasteiger partial charge in [0, 0.05) is 11.1 Å². The zero-order chi connectivity index (χ0) is 15.0. The van der Waals surface area contributed by atoms with Gasteiger partial charge < -0.3 is 9.72 Å². The molecule has 1 N–H and O–H groups in total. The van der Waals surface area contributed by atoms with Crippen LogP contribution in [0.1, 0.15) is 16.8 Å². The van der Waals surface area contributed by atoms with Crippen molar-refractivity contribution >= 4 is 34.1 Å². The van der Waals surface area contributed by atoms with E-state index in [0.29, 0.717) is 10.3 Å². The van der Waals surface area contributed by atoms with Crippen LogP contribution in [0.4, 0.5) is 0 Å². The van der Waals surface area contributed by atoms with Crippen LogP contribution in [-0.4, -0.2) is 22.3 Å². The molecule has 2 aromatic heterocycles. The second kappa shape index (κ2) is 5.54. The second-order valence-electron chi connectivity index (χ2n) is 4.79. The van der Waals surface area contributed by atoms with E-state index in [4.69, 9.17) is 27.9 Å². The van der Waals surface area contributed by atoms with Crippen LogP contribution in [0.15, 0.2) is 24.3 Å². The molecule has 3 rings (SSSR count). The Morgan fingerprint density at radius 2 is 1.76 bits per heavy atom. The number of fused-ring (bicyclic) bond motifs is 1. The molecule has 0 aliphatic rings. The number of hydrogen-bond donors (Lipinski definition) is 1. The van der Waals surface area contributed by atoms with Crippen LogP contribution in [-0.2, 0) is 6.42 Å². The maximum atomic E-state index is 6.19. The Labute approximate surface area is 132 Å². The van der Waals surface area contributed by atoms with Gasteiger partial charge in [-0.2, -0.15) is 0 Å². The SMILES string of the molecule is COc1ccc(Cc2c(C)[nH]c3c(Cl)nnc(Cl)c23)cc1. The van der Waals surface area contributed by atoms with E-state index in [1.807, 2.05) is 31.2 Å². The number of nitrogens with one attached hydrogen (secondary N) is 1. The number of halogens is 2. The Balaban J connectivity index is 2.07. The number of rotatable bonds is 3. The van der Waals surface area contributed by atoms with Crippen LogP contribution in [0.3, 0.4) is 0 Å². The first-order chi connectivity index (χ1) is 10.1. The quantitative estimate of drug-likeness (QED) is 0.787. The molecular weight excluding hydrogens is 309 g/mol. The average Bonchev–Trinajstić information content (AvgIpc) is 2.82. The first-order valence-corrected chi connectivity index (χ1v) is 7.17. The summed E-state index contributed by atoms with van der Waals surface area (Å²) in [4.78, 5) is 3.24. The number of benzene rings is 1. The number of ether oxygens (including phenoxy) is 1. The highest BCUT2D eigenvalue weighted by atomic mass is 35.5. The van der Waals surface area contributed by atoms with Gasteiger partial charge in [0.25, 0.3) is 0 Å². The zero-order valence-corrected chi connectivity index (χ0v) is 13.1. The van der Waals surface area contributed by atoms with E-state index in [2.05, 4.69) is 15.2 Å². The second-order valence-corrected chi connectivity index (χ2v) is 5.50. The largest absolute Gasteiger partial charge is 0.497 e. The highest BCUT2D eigenvalue weighted by Crippen LogP contribution is 2.32. The zero-order valence-electron chi connectivity index (χ0n) is 11.6. The molecule has 0 aliphatic carbocycles. The van der Waals surface area contributed by atoms with Gasteiger partial charge in [0.05, 0.1) is 12.6 Å². The molecule has 0 bridgehead atoms. The van der Waals surface area contributed by atoms with Crippen LogP contribution in [0.5, 0.6) is 5.75 Å². The van der Waals surface area contributed by atoms with E-state index in [1.54, 1.807) is 7.11 Å². The predicted molar refractivity (Wildman–Crippen MR) is 84.4 cm³/mol. The number of H-pyrrole nitrogens is 1. The first-order valence-electron chi connectivity index (χ1n) is 6.42. The molecule has 3 aromatic rings. The monoisotopic (exact) mass is 321 g/mol. The summed E-state index contributed by atoms with van der Waals surface area (Å²) < 4.78 is 5.17. The molecular formula is C15H13Cl2N3O. The third-order valence-electron chi connectivity index (χ3n) is 3.50. The average molecular weight is 322 g/mol. The van der Waals surface area contributed by atoms with Gasteiger partial charge in [-0.3, -0.25) is 0 Å². The van der Waals surface area contributed by atoms with Gasteiger partial charge in [-0.1, -0.05) is 35.3 Å². The van der Waals surface area contributed by atoms with Crippen molar-refractivity contribution in [1.82, 2.24) is 15.2 Å². The lowest BCUT2D eigenvalue weighted by Crippen LogP contribution is -1.92. The van der Waals surface area contributed by atoms with Gasteiger partial charge >= 0.3 is 0 Å². The number of aromatic nitrogens is 3. The minimum absolute atomic E-state index is 0.332. The fraction of sp³-hybridized carbons (Fsp3) is 0.200. The van der Waals surface area contributed by atoms with E-state index < -0.39 is 0 Å². The lowest BCUT2D eigenvalue weighted by atomic mass is 10.0. The lowest BCUT2D eigenvalue weighted by molar-refractivity contribution is 0.414. The molecule has 4 nitrogen and oxygen atoms in total. The van der Waals surface area contributed by atoms with E-state index in [0.717, 1.165) is 39.9 Å². The maximum Gasteiger partial charge on any atom is 0.175 e. The summed E-state index contributed by atoms with van der Waals surface area (Å²) in [5.41, 5.74) is 3.98. The van der Waals surface area contributed by atoms with Crippen molar-refractivity contribution in [3.05, 3.63) is 51.4 Å². The summed E-state index contributed by atoms with van der Waals surface area (Å²) in [6.07, 6.45) is 0.734. The topological polar surface area (TPSA) is 50.8 Å². The smallest absolute Gasteiger partial charge is 0.175 e. The van der Waals surface area contributed by atoms with Gasteiger partial charge in [0.15, 0.2) is 10.3 Å². The molecule has 0 saturated carbocycles. The van der Waals surface area contributed by atoms with Crippen molar-refractivity contribution in [2.24, 2.45) is 0 Å². The molecule has 0 saturated heterocycles. The highest BCUT2D eigenvalue weighted by Gasteiger charge is 2.16. The van der Waals surface area contributed by atoms with Gasteiger partial charge in [0.2, 0.25) is 0 Å². The summed E-state index contributed by atoms with van der Waals surface area (Å²) in [6.45, 7) is 1.99. The van der Waals surface area contributed by atoms with Crippen molar-refractivity contribution in [2.75, 3.05) is 7.11 Å². The summed E-state index contributed by atoms with van der Waals surface area (Å²) in [5.74, 6) is 0.835. The standard InChI is InChI=1S/C15H13Cl2N3O/c1-8-11(7-9-3-5-10(21-2)6-4-9)12-13(18-8)15(17)20-19-14(12)16/h3-6,18H,7H2,1-2H3. The molecule has 0 unspecified atom stereocenters. The van der Waals surface area contributed by atoms with Crippen LogP contribution >= 0.6 is 23.2 Å². The van der Waals surface area contributed by atoms with Crippen molar-refractivity contribution < 1.29 is 4.74 Å². The predicted octanol–water partition coefficient (Wildman–Crippen LogP) is 4.17. The molecule has 0 atom stereocenters. The molecule has 6 heteroatoms. The van der Waals surface area contributed by atoms with Crippen molar-refractivity contribution in [3.8, 4) is 5.75 Å². The van der Waals surface area contributed by atoms with E-state index in [-0.39, 0.29) is 0 Å². The maximum absolute atomic E-state index is 6.19. The Morgan fingerprint density at radius 1 is 1.10 bits per heavy atom. The summed E-state index contributed by atoms with van der Waals surface area (Å²) in [5, 5.41) is 9.25. The lowest BCUT2D eigenvalue weighted by Gasteiger charge is -2.05. The molecule has 1 aromatic carbocycles. The van der Waals surface area contributed by atoms with Gasteiger partial charge in [-0.15, -0.1) is 10.2 Å². The summed E-state index contributed by atoms with van der Waals surface area (Å²) in [6, 6.07) is 7.93. The van der Waals surface area contributed by atoms with Gasteiger partial charge in [-0.25, -0.2) is 0 Å². The molecule has 2 heterocycles. The van der Waals surface area contributed by atoms with E-state index in [1.165, 1.54) is 0 Å². The Morgan fingerprint density at radius 3 is 2.43 bits per heavy atom. The van der Waals surface area contributed by atoms with E-state index in [9.17, 15) is 0 Å². The summed E-state index contributed by atoms with van der Waals surface area (Å²) in [7, 11) is 1.65. The molecule has 0 spiro atoms. The summed E-state index contributed by atoms with van der Waals surface area (Å²) >= 11 is 12.3. The van der Waals surface area contributed by atoms with E-state index >= 15 is 0 Å².